The Hall–Kier alpha value is -1.84. The van der Waals surface area contributed by atoms with Crippen LogP contribution < -0.4 is 10.2 Å². The summed E-state index contributed by atoms with van der Waals surface area (Å²) in [5, 5.41) is 2.17. The van der Waals surface area contributed by atoms with Gasteiger partial charge in [-0.1, -0.05) is 42.5 Å². The molecule has 3 rings (SSSR count). The van der Waals surface area contributed by atoms with Crippen molar-refractivity contribution >= 4 is 0 Å². The minimum atomic E-state index is 0.00229. The first-order valence-electron chi connectivity index (χ1n) is 7.39. The number of nitrogens with zero attached hydrogens (tertiary/aromatic N) is 1. The van der Waals surface area contributed by atoms with Crippen molar-refractivity contribution in [2.75, 3.05) is 27.2 Å². The average molecular weight is 282 g/mol. The number of rotatable bonds is 3. The zero-order chi connectivity index (χ0) is 14.7. The van der Waals surface area contributed by atoms with Gasteiger partial charge in [0.15, 0.2) is 0 Å². The second-order valence-electron chi connectivity index (χ2n) is 5.69. The van der Waals surface area contributed by atoms with E-state index in [2.05, 4.69) is 66.0 Å². The van der Waals surface area contributed by atoms with Crippen LogP contribution in [0.4, 0.5) is 0 Å². The van der Waals surface area contributed by atoms with E-state index >= 15 is 0 Å². The highest BCUT2D eigenvalue weighted by Gasteiger charge is 2.37. The summed E-state index contributed by atoms with van der Waals surface area (Å²) in [5.74, 6) is 0.918. The molecule has 0 amide bonds. The molecule has 0 spiro atoms. The highest BCUT2D eigenvalue weighted by molar-refractivity contribution is 5.43. The highest BCUT2D eigenvalue weighted by atomic mass is 16.5. The van der Waals surface area contributed by atoms with Crippen LogP contribution in [0.3, 0.4) is 0 Å². The summed E-state index contributed by atoms with van der Waals surface area (Å²) in [7, 11) is 3.82. The summed E-state index contributed by atoms with van der Waals surface area (Å²) in [6.07, 6.45) is 1.09. The molecule has 2 aromatic rings. The van der Waals surface area contributed by atoms with Gasteiger partial charge in [-0.05, 0) is 29.7 Å². The average Bonchev–Trinajstić information content (AvgIpc) is 2.57. The van der Waals surface area contributed by atoms with E-state index in [9.17, 15) is 0 Å². The molecule has 0 aliphatic carbocycles. The number of hydrazine groups is 1. The Kier molecular flexibility index (Phi) is 3.95. The van der Waals surface area contributed by atoms with E-state index in [-0.39, 0.29) is 5.41 Å². The maximum Gasteiger partial charge on any atom is 0.119 e. The molecule has 0 radical (unpaired) electrons. The quantitative estimate of drug-likeness (QED) is 0.937. The van der Waals surface area contributed by atoms with Gasteiger partial charge in [0.1, 0.15) is 5.75 Å². The van der Waals surface area contributed by atoms with Crippen molar-refractivity contribution in [2.45, 2.75) is 11.8 Å². The standard InChI is InChI=1S/C18H22N2O/c1-20-12-11-18(14-19-20,15-7-4-3-5-8-15)16-9-6-10-17(13-16)21-2/h3-10,13,19H,11-12,14H2,1-2H3/t18-/m1/s1. The van der Waals surface area contributed by atoms with E-state index in [1.54, 1.807) is 7.11 Å². The second kappa shape index (κ2) is 5.88. The van der Waals surface area contributed by atoms with Crippen molar-refractivity contribution in [3.05, 3.63) is 65.7 Å². The van der Waals surface area contributed by atoms with Gasteiger partial charge in [-0.3, -0.25) is 5.43 Å². The smallest absolute Gasteiger partial charge is 0.119 e. The largest absolute Gasteiger partial charge is 0.497 e. The van der Waals surface area contributed by atoms with E-state index in [1.165, 1.54) is 11.1 Å². The van der Waals surface area contributed by atoms with Crippen LogP contribution in [0, 0.1) is 0 Å². The monoisotopic (exact) mass is 282 g/mol. The summed E-state index contributed by atoms with van der Waals surface area (Å²) >= 11 is 0. The molecular formula is C18H22N2O. The van der Waals surface area contributed by atoms with Gasteiger partial charge in [0, 0.05) is 25.6 Å². The maximum absolute atomic E-state index is 5.42. The van der Waals surface area contributed by atoms with Crippen molar-refractivity contribution in [3.63, 3.8) is 0 Å². The molecule has 0 unspecified atom stereocenters. The molecule has 3 nitrogen and oxygen atoms in total. The van der Waals surface area contributed by atoms with Crippen molar-refractivity contribution in [2.24, 2.45) is 0 Å². The Morgan fingerprint density at radius 1 is 1.05 bits per heavy atom. The molecule has 0 bridgehead atoms. The van der Waals surface area contributed by atoms with Crippen molar-refractivity contribution in [3.8, 4) is 5.75 Å². The molecular weight excluding hydrogens is 260 g/mol. The molecule has 1 N–H and O–H groups in total. The maximum atomic E-state index is 5.42. The lowest BCUT2D eigenvalue weighted by atomic mass is 9.71. The summed E-state index contributed by atoms with van der Waals surface area (Å²) in [4.78, 5) is 0. The summed E-state index contributed by atoms with van der Waals surface area (Å²) in [5.41, 5.74) is 6.18. The fourth-order valence-corrected chi connectivity index (χ4v) is 3.13. The summed E-state index contributed by atoms with van der Waals surface area (Å²) in [6, 6.07) is 19.2. The Bertz CT molecular complexity index is 589. The molecule has 21 heavy (non-hydrogen) atoms. The minimum absolute atomic E-state index is 0.00229. The third kappa shape index (κ3) is 2.67. The van der Waals surface area contributed by atoms with Crippen LogP contribution in [0.15, 0.2) is 54.6 Å². The van der Waals surface area contributed by atoms with Crippen LogP contribution in [-0.2, 0) is 5.41 Å². The molecule has 1 saturated heterocycles. The first kappa shape index (κ1) is 14.1. The van der Waals surface area contributed by atoms with E-state index in [4.69, 9.17) is 4.74 Å². The van der Waals surface area contributed by atoms with Gasteiger partial charge in [0.25, 0.3) is 0 Å². The van der Waals surface area contributed by atoms with Crippen molar-refractivity contribution in [1.82, 2.24) is 10.4 Å². The molecule has 1 aliphatic rings. The summed E-state index contributed by atoms with van der Waals surface area (Å²) < 4.78 is 5.42. The lowest BCUT2D eigenvalue weighted by Gasteiger charge is -2.42. The lowest BCUT2D eigenvalue weighted by molar-refractivity contribution is 0.148. The topological polar surface area (TPSA) is 24.5 Å². The van der Waals surface area contributed by atoms with E-state index in [0.717, 1.165) is 25.3 Å². The molecule has 1 atom stereocenters. The predicted molar refractivity (Wildman–Crippen MR) is 85.5 cm³/mol. The van der Waals surface area contributed by atoms with Crippen LogP contribution in [-0.4, -0.2) is 32.3 Å². The second-order valence-corrected chi connectivity index (χ2v) is 5.69. The molecule has 0 aromatic heterocycles. The van der Waals surface area contributed by atoms with Gasteiger partial charge in [0.05, 0.1) is 7.11 Å². The third-order valence-electron chi connectivity index (χ3n) is 4.47. The molecule has 1 fully saturated rings. The normalized spacial score (nSPS) is 23.0. The van der Waals surface area contributed by atoms with Crippen molar-refractivity contribution < 1.29 is 4.74 Å². The van der Waals surface area contributed by atoms with Gasteiger partial charge in [-0.15, -0.1) is 0 Å². The fourth-order valence-electron chi connectivity index (χ4n) is 3.13. The molecule has 3 heteroatoms. The van der Waals surface area contributed by atoms with E-state index < -0.39 is 0 Å². The Balaban J connectivity index is 2.08. The lowest BCUT2D eigenvalue weighted by Crippen LogP contribution is -2.52. The van der Waals surface area contributed by atoms with Gasteiger partial charge < -0.3 is 4.74 Å². The van der Waals surface area contributed by atoms with E-state index in [1.807, 2.05) is 6.07 Å². The number of methoxy groups -OCH3 is 1. The van der Waals surface area contributed by atoms with Crippen LogP contribution in [0.1, 0.15) is 17.5 Å². The Labute approximate surface area is 126 Å². The third-order valence-corrected chi connectivity index (χ3v) is 4.47. The van der Waals surface area contributed by atoms with Crippen LogP contribution in [0.5, 0.6) is 5.75 Å². The van der Waals surface area contributed by atoms with Crippen LogP contribution in [0.2, 0.25) is 0 Å². The molecule has 2 aromatic carbocycles. The Morgan fingerprint density at radius 3 is 2.48 bits per heavy atom. The fraction of sp³-hybridized carbons (Fsp3) is 0.333. The number of ether oxygens (including phenoxy) is 1. The first-order valence-corrected chi connectivity index (χ1v) is 7.39. The predicted octanol–water partition coefficient (Wildman–Crippen LogP) is 2.82. The van der Waals surface area contributed by atoms with Gasteiger partial charge in [-0.2, -0.15) is 0 Å². The minimum Gasteiger partial charge on any atom is -0.497 e. The number of benzene rings is 2. The zero-order valence-corrected chi connectivity index (χ0v) is 12.7. The number of hydrogen-bond donors (Lipinski definition) is 1. The zero-order valence-electron chi connectivity index (χ0n) is 12.7. The number of hydrogen-bond acceptors (Lipinski definition) is 3. The van der Waals surface area contributed by atoms with Crippen LogP contribution in [0.25, 0.3) is 0 Å². The first-order chi connectivity index (χ1) is 10.2. The molecule has 1 aliphatic heterocycles. The van der Waals surface area contributed by atoms with Crippen LogP contribution >= 0.6 is 0 Å². The van der Waals surface area contributed by atoms with Gasteiger partial charge in [-0.25, -0.2) is 5.01 Å². The van der Waals surface area contributed by atoms with E-state index in [0.29, 0.717) is 0 Å². The SMILES string of the molecule is COc1cccc([C@]2(c3ccccc3)CCN(C)NC2)c1. The molecule has 110 valence electrons. The Morgan fingerprint density at radius 2 is 1.81 bits per heavy atom. The van der Waals surface area contributed by atoms with Gasteiger partial charge in [0.2, 0.25) is 0 Å². The molecule has 0 saturated carbocycles. The van der Waals surface area contributed by atoms with Gasteiger partial charge >= 0.3 is 0 Å². The molecule has 1 heterocycles. The van der Waals surface area contributed by atoms with Crippen molar-refractivity contribution in [1.29, 1.82) is 0 Å². The summed E-state index contributed by atoms with van der Waals surface area (Å²) in [6.45, 7) is 1.92. The number of nitrogens with one attached hydrogen (secondary N) is 1. The highest BCUT2D eigenvalue weighted by Crippen LogP contribution is 2.38.